The van der Waals surface area contributed by atoms with Crippen molar-refractivity contribution in [3.8, 4) is 0 Å². The van der Waals surface area contributed by atoms with Crippen LogP contribution in [0.4, 0.5) is 0 Å². The summed E-state index contributed by atoms with van der Waals surface area (Å²) in [6.07, 6.45) is -0.836. The molecule has 0 aliphatic carbocycles. The van der Waals surface area contributed by atoms with Gasteiger partial charge in [-0.05, 0) is 23.3 Å². The lowest BCUT2D eigenvalue weighted by atomic mass is 9.97. The first-order valence-electron chi connectivity index (χ1n) is 5.47. The Kier molecular flexibility index (Phi) is 4.07. The van der Waals surface area contributed by atoms with E-state index in [4.69, 9.17) is 23.2 Å². The number of aliphatic hydroxyl groups is 1. The minimum Gasteiger partial charge on any atom is -0.384 e. The Morgan fingerprint density at radius 1 is 1.06 bits per heavy atom. The smallest absolute Gasteiger partial charge is 0.105 e. The second-order valence-corrected chi connectivity index (χ2v) is 4.80. The summed E-state index contributed by atoms with van der Waals surface area (Å²) < 4.78 is 0. The number of aliphatic hydroxyl groups excluding tert-OH is 1. The van der Waals surface area contributed by atoms with Gasteiger partial charge in [0.2, 0.25) is 0 Å². The minimum absolute atomic E-state index is 0.437. The third kappa shape index (κ3) is 2.75. The molecule has 0 saturated carbocycles. The van der Waals surface area contributed by atoms with Gasteiger partial charge in [-0.3, -0.25) is 0 Å². The first-order chi connectivity index (χ1) is 8.59. The Balaban J connectivity index is 2.31. The predicted molar refractivity (Wildman–Crippen MR) is 76.9 cm³/mol. The maximum absolute atomic E-state index is 10.3. The molecule has 0 bridgehead atoms. The lowest BCUT2D eigenvalue weighted by Crippen LogP contribution is -2.00. The van der Waals surface area contributed by atoms with Crippen LogP contribution in [0, 0.1) is 0 Å². The van der Waals surface area contributed by atoms with Crippen LogP contribution in [-0.4, -0.2) is 5.11 Å². The molecule has 2 aromatic rings. The summed E-state index contributed by atoms with van der Waals surface area (Å²) in [5, 5.41) is 11.3. The van der Waals surface area contributed by atoms with E-state index in [0.717, 1.165) is 5.56 Å². The summed E-state index contributed by atoms with van der Waals surface area (Å²) in [4.78, 5) is 0. The van der Waals surface area contributed by atoms with Crippen molar-refractivity contribution in [1.82, 2.24) is 0 Å². The van der Waals surface area contributed by atoms with Crippen molar-refractivity contribution in [1.29, 1.82) is 0 Å². The summed E-state index contributed by atoms with van der Waals surface area (Å²) in [6.45, 7) is 3.92. The largest absolute Gasteiger partial charge is 0.384 e. The summed E-state index contributed by atoms with van der Waals surface area (Å²) in [6, 6.07) is 14.5. The van der Waals surface area contributed by atoms with Gasteiger partial charge in [-0.15, -0.1) is 0 Å². The van der Waals surface area contributed by atoms with Gasteiger partial charge in [-0.25, -0.2) is 0 Å². The lowest BCUT2D eigenvalue weighted by Gasteiger charge is -2.16. The van der Waals surface area contributed by atoms with Crippen molar-refractivity contribution in [3.05, 3.63) is 76.3 Å². The van der Waals surface area contributed by atoms with Crippen molar-refractivity contribution in [2.45, 2.75) is 6.10 Å². The number of rotatable bonds is 3. The van der Waals surface area contributed by atoms with Crippen LogP contribution in [0.15, 0.2) is 55.1 Å². The van der Waals surface area contributed by atoms with E-state index in [2.05, 4.69) is 6.58 Å². The van der Waals surface area contributed by atoms with Crippen molar-refractivity contribution in [3.63, 3.8) is 0 Å². The van der Waals surface area contributed by atoms with Crippen LogP contribution in [-0.2, 0) is 0 Å². The fourth-order valence-corrected chi connectivity index (χ4v) is 2.23. The Morgan fingerprint density at radius 3 is 2.33 bits per heavy atom. The van der Waals surface area contributed by atoms with Gasteiger partial charge < -0.3 is 5.11 Å². The van der Waals surface area contributed by atoms with Gasteiger partial charge >= 0.3 is 0 Å². The third-order valence-corrected chi connectivity index (χ3v) is 3.29. The van der Waals surface area contributed by atoms with Crippen molar-refractivity contribution in [2.75, 3.05) is 0 Å². The Morgan fingerprint density at radius 2 is 1.72 bits per heavy atom. The van der Waals surface area contributed by atoms with Crippen LogP contribution in [0.3, 0.4) is 0 Å². The summed E-state index contributed by atoms with van der Waals surface area (Å²) in [5.41, 5.74) is 2.10. The van der Waals surface area contributed by atoms with Crippen molar-refractivity contribution < 1.29 is 5.11 Å². The normalized spacial score (nSPS) is 12.2. The molecule has 92 valence electrons. The molecule has 0 aromatic heterocycles. The molecule has 0 aliphatic heterocycles. The summed E-state index contributed by atoms with van der Waals surface area (Å²) in [7, 11) is 0. The van der Waals surface area contributed by atoms with Gasteiger partial charge in [0.25, 0.3) is 0 Å². The fourth-order valence-electron chi connectivity index (χ4n) is 1.72. The molecule has 2 rings (SSSR count). The quantitative estimate of drug-likeness (QED) is 0.860. The first kappa shape index (κ1) is 13.2. The standard InChI is InChI=1S/C15H12Cl2O/c1-10(11-5-3-2-4-6-11)15(18)13-8-7-12(16)9-14(13)17/h2-9,15,18H,1H2/t15-/m0/s1. The molecule has 1 nitrogen and oxygen atoms in total. The fraction of sp³-hybridized carbons (Fsp3) is 0.0667. The Labute approximate surface area is 116 Å². The second-order valence-electron chi connectivity index (χ2n) is 3.96. The molecule has 2 aromatic carbocycles. The molecule has 1 atom stereocenters. The molecule has 0 aliphatic rings. The molecular formula is C15H12Cl2O. The van der Waals surface area contributed by atoms with E-state index in [1.165, 1.54) is 0 Å². The lowest BCUT2D eigenvalue weighted by molar-refractivity contribution is 0.238. The highest BCUT2D eigenvalue weighted by atomic mass is 35.5. The van der Waals surface area contributed by atoms with Crippen LogP contribution in [0.1, 0.15) is 17.2 Å². The van der Waals surface area contributed by atoms with E-state index >= 15 is 0 Å². The first-order valence-corrected chi connectivity index (χ1v) is 6.22. The van der Waals surface area contributed by atoms with E-state index < -0.39 is 6.10 Å². The van der Waals surface area contributed by atoms with E-state index in [-0.39, 0.29) is 0 Å². The van der Waals surface area contributed by atoms with Gasteiger partial charge in [0, 0.05) is 15.6 Å². The average Bonchev–Trinajstić information content (AvgIpc) is 2.38. The second kappa shape index (κ2) is 5.57. The Bertz CT molecular complexity index is 564. The van der Waals surface area contributed by atoms with Gasteiger partial charge in [-0.1, -0.05) is 66.2 Å². The van der Waals surface area contributed by atoms with Gasteiger partial charge in [0.1, 0.15) is 6.10 Å². The van der Waals surface area contributed by atoms with Crippen molar-refractivity contribution >= 4 is 28.8 Å². The van der Waals surface area contributed by atoms with E-state index in [9.17, 15) is 5.11 Å². The molecule has 18 heavy (non-hydrogen) atoms. The van der Waals surface area contributed by atoms with Gasteiger partial charge in [0.15, 0.2) is 0 Å². The number of halogens is 2. The van der Waals surface area contributed by atoms with E-state index in [0.29, 0.717) is 21.2 Å². The SMILES string of the molecule is C=C(c1ccccc1)[C@H](O)c1ccc(Cl)cc1Cl. The van der Waals surface area contributed by atoms with Crippen LogP contribution >= 0.6 is 23.2 Å². The average molecular weight is 279 g/mol. The van der Waals surface area contributed by atoms with Gasteiger partial charge in [-0.2, -0.15) is 0 Å². The topological polar surface area (TPSA) is 20.2 Å². The monoisotopic (exact) mass is 278 g/mol. The van der Waals surface area contributed by atoms with Crippen LogP contribution in [0.25, 0.3) is 5.57 Å². The van der Waals surface area contributed by atoms with Crippen LogP contribution < -0.4 is 0 Å². The van der Waals surface area contributed by atoms with Crippen LogP contribution in [0.2, 0.25) is 10.0 Å². The number of hydrogen-bond donors (Lipinski definition) is 1. The molecule has 0 saturated heterocycles. The van der Waals surface area contributed by atoms with E-state index in [1.807, 2.05) is 30.3 Å². The molecule has 0 amide bonds. The molecule has 0 heterocycles. The predicted octanol–water partition coefficient (Wildman–Crippen LogP) is 4.74. The minimum atomic E-state index is -0.836. The molecule has 0 fully saturated rings. The molecular weight excluding hydrogens is 267 g/mol. The number of benzene rings is 2. The Hall–Kier alpha value is -1.28. The van der Waals surface area contributed by atoms with E-state index in [1.54, 1.807) is 18.2 Å². The highest BCUT2D eigenvalue weighted by Gasteiger charge is 2.16. The molecule has 0 spiro atoms. The van der Waals surface area contributed by atoms with Gasteiger partial charge in [0.05, 0.1) is 0 Å². The molecule has 0 unspecified atom stereocenters. The summed E-state index contributed by atoms with van der Waals surface area (Å²) in [5.74, 6) is 0. The highest BCUT2D eigenvalue weighted by Crippen LogP contribution is 2.33. The van der Waals surface area contributed by atoms with Crippen LogP contribution in [0.5, 0.6) is 0 Å². The maximum Gasteiger partial charge on any atom is 0.105 e. The summed E-state index contributed by atoms with van der Waals surface area (Å²) >= 11 is 11.9. The molecule has 3 heteroatoms. The zero-order valence-corrected chi connectivity index (χ0v) is 11.1. The number of hydrogen-bond acceptors (Lipinski definition) is 1. The zero-order chi connectivity index (χ0) is 13.1. The molecule has 1 N–H and O–H groups in total. The third-order valence-electron chi connectivity index (χ3n) is 2.73. The molecule has 0 radical (unpaired) electrons. The van der Waals surface area contributed by atoms with Crippen molar-refractivity contribution in [2.24, 2.45) is 0 Å². The zero-order valence-electron chi connectivity index (χ0n) is 9.61. The highest BCUT2D eigenvalue weighted by molar-refractivity contribution is 6.35. The maximum atomic E-state index is 10.3.